The van der Waals surface area contributed by atoms with Gasteiger partial charge in [-0.25, -0.2) is 0 Å². The fraction of sp³-hybridized carbons (Fsp3) is 1.00. The minimum atomic E-state index is -1.41. The molecular weight excluding hydrogens is 262 g/mol. The average molecular weight is 281 g/mol. The van der Waals surface area contributed by atoms with E-state index in [0.717, 1.165) is 0 Å². The minimum absolute atomic E-state index is 0.191. The van der Waals surface area contributed by atoms with E-state index >= 15 is 0 Å². The van der Waals surface area contributed by atoms with E-state index in [1.165, 1.54) is 0 Å². The summed E-state index contributed by atoms with van der Waals surface area (Å²) in [5, 5.41) is 59.5. The Morgan fingerprint density at radius 3 is 1.37 bits per heavy atom. The molecule has 9 heteroatoms. The van der Waals surface area contributed by atoms with Gasteiger partial charge in [-0.1, -0.05) is 0 Å². The Bertz CT molecular complexity index is 277. The second kappa shape index (κ2) is 5.95. The van der Waals surface area contributed by atoms with Gasteiger partial charge >= 0.3 is 0 Å². The van der Waals surface area contributed by atoms with Gasteiger partial charge in [0.1, 0.15) is 49.1 Å². The number of rotatable bonds is 2. The van der Waals surface area contributed by atoms with Gasteiger partial charge in [-0.15, -0.1) is 0 Å². The Kier molecular flexibility index (Phi) is 4.71. The average Bonchev–Trinajstić information content (AvgIpc) is 2.39. The van der Waals surface area contributed by atoms with Gasteiger partial charge in [0, 0.05) is 0 Å². The Labute approximate surface area is 109 Å². The number of aliphatic hydroxyl groups is 6. The first kappa shape index (κ1) is 15.0. The van der Waals surface area contributed by atoms with Crippen LogP contribution in [0.3, 0.4) is 0 Å². The molecule has 2 heterocycles. The van der Waals surface area contributed by atoms with Crippen LogP contribution in [0.15, 0.2) is 0 Å². The second-order valence-corrected chi connectivity index (χ2v) is 4.77. The molecule has 9 nitrogen and oxygen atoms in total. The van der Waals surface area contributed by atoms with Gasteiger partial charge in [0.05, 0.1) is 13.2 Å². The van der Waals surface area contributed by atoms with Crippen LogP contribution in [0, 0.1) is 0 Å². The van der Waals surface area contributed by atoms with E-state index in [1.807, 2.05) is 0 Å². The maximum atomic E-state index is 9.70. The van der Waals surface area contributed by atoms with Crippen molar-refractivity contribution in [3.8, 4) is 0 Å². The van der Waals surface area contributed by atoms with Gasteiger partial charge < -0.3 is 40.1 Å². The molecule has 0 spiro atoms. The summed E-state index contributed by atoms with van der Waals surface area (Å²) in [6.07, 6.45) is -10.1. The summed E-state index contributed by atoms with van der Waals surface area (Å²) in [4.78, 5) is 0. The third-order valence-electron chi connectivity index (χ3n) is 3.33. The van der Waals surface area contributed by atoms with Crippen molar-refractivity contribution in [3.05, 3.63) is 0 Å². The summed E-state index contributed by atoms with van der Waals surface area (Å²) in [5.74, 6) is 0. The SMILES string of the molecule is O[C@@H]1[C@H](O)[C@@H](N[C@@H]2OC[C@H](O)[C@H](O)[C@@H]2O)OC[C@H]1O. The first-order valence-corrected chi connectivity index (χ1v) is 5.99. The molecule has 2 rings (SSSR count). The van der Waals surface area contributed by atoms with Gasteiger partial charge in [-0.3, -0.25) is 5.32 Å². The fourth-order valence-electron chi connectivity index (χ4n) is 2.07. The van der Waals surface area contributed by atoms with Crippen molar-refractivity contribution >= 4 is 0 Å². The molecular formula is C10H19NO8. The predicted molar refractivity (Wildman–Crippen MR) is 58.7 cm³/mol. The Morgan fingerprint density at radius 2 is 1.00 bits per heavy atom. The Morgan fingerprint density at radius 1 is 0.632 bits per heavy atom. The van der Waals surface area contributed by atoms with Crippen LogP contribution >= 0.6 is 0 Å². The van der Waals surface area contributed by atoms with E-state index in [-0.39, 0.29) is 13.2 Å². The van der Waals surface area contributed by atoms with Crippen LogP contribution in [0.25, 0.3) is 0 Å². The molecule has 0 aromatic carbocycles. The van der Waals surface area contributed by atoms with E-state index in [9.17, 15) is 30.6 Å². The standard InChI is InChI=1S/C10H19NO8/c12-3-1-18-9(7(16)5(3)14)11-10-8(17)6(15)4(13)2-19-10/h3-17H,1-2H2/t3-,4+,5-,6-,7-,8-,9+,10-/m0/s1. The molecule has 0 aliphatic carbocycles. The molecule has 0 saturated carbocycles. The van der Waals surface area contributed by atoms with E-state index in [1.54, 1.807) is 0 Å². The highest BCUT2D eigenvalue weighted by molar-refractivity contribution is 4.90. The van der Waals surface area contributed by atoms with E-state index < -0.39 is 49.1 Å². The van der Waals surface area contributed by atoms with Crippen molar-refractivity contribution in [2.24, 2.45) is 0 Å². The Hall–Kier alpha value is -0.360. The van der Waals surface area contributed by atoms with Gasteiger partial charge in [0.15, 0.2) is 0 Å². The summed E-state index contributed by atoms with van der Waals surface area (Å²) < 4.78 is 10.2. The lowest BCUT2D eigenvalue weighted by atomic mass is 10.0. The lowest BCUT2D eigenvalue weighted by Gasteiger charge is -2.41. The molecule has 19 heavy (non-hydrogen) atoms. The molecule has 0 aromatic heterocycles. The molecule has 112 valence electrons. The van der Waals surface area contributed by atoms with Crippen LogP contribution < -0.4 is 5.32 Å². The summed E-state index contributed by atoms with van der Waals surface area (Å²) in [6.45, 7) is -0.381. The smallest absolute Gasteiger partial charge is 0.139 e. The lowest BCUT2D eigenvalue weighted by Crippen LogP contribution is -2.65. The molecule has 7 N–H and O–H groups in total. The fourth-order valence-corrected chi connectivity index (χ4v) is 2.07. The summed E-state index contributed by atoms with van der Waals surface area (Å²) in [6, 6.07) is 0. The highest BCUT2D eigenvalue weighted by atomic mass is 16.6. The third kappa shape index (κ3) is 3.05. The van der Waals surface area contributed by atoms with Crippen molar-refractivity contribution in [1.29, 1.82) is 0 Å². The first-order chi connectivity index (χ1) is 8.91. The van der Waals surface area contributed by atoms with Crippen molar-refractivity contribution in [2.45, 2.75) is 49.1 Å². The molecule has 0 aromatic rings. The highest BCUT2D eigenvalue weighted by Crippen LogP contribution is 2.18. The zero-order valence-electron chi connectivity index (χ0n) is 10.0. The molecule has 0 radical (unpaired) electrons. The number of hydrogen-bond donors (Lipinski definition) is 7. The molecule has 2 fully saturated rings. The zero-order chi connectivity index (χ0) is 14.2. The highest BCUT2D eigenvalue weighted by Gasteiger charge is 2.43. The summed E-state index contributed by atoms with van der Waals surface area (Å²) in [5.41, 5.74) is 0. The maximum absolute atomic E-state index is 9.70. The largest absolute Gasteiger partial charge is 0.388 e. The van der Waals surface area contributed by atoms with Gasteiger partial charge in [-0.05, 0) is 0 Å². The van der Waals surface area contributed by atoms with E-state index in [2.05, 4.69) is 5.32 Å². The van der Waals surface area contributed by atoms with Crippen LogP contribution in [0.4, 0.5) is 0 Å². The molecule has 2 saturated heterocycles. The van der Waals surface area contributed by atoms with Crippen LogP contribution in [0.5, 0.6) is 0 Å². The molecule has 2 aliphatic rings. The van der Waals surface area contributed by atoms with Crippen molar-refractivity contribution in [2.75, 3.05) is 13.2 Å². The molecule has 0 unspecified atom stereocenters. The number of hydrogen-bond acceptors (Lipinski definition) is 9. The quantitative estimate of drug-likeness (QED) is 0.265. The van der Waals surface area contributed by atoms with Crippen molar-refractivity contribution < 1.29 is 40.1 Å². The van der Waals surface area contributed by atoms with Gasteiger partial charge in [0.2, 0.25) is 0 Å². The topological polar surface area (TPSA) is 152 Å². The normalized spacial score (nSPS) is 52.1. The predicted octanol–water partition coefficient (Wildman–Crippen LogP) is -4.55. The second-order valence-electron chi connectivity index (χ2n) is 4.77. The third-order valence-corrected chi connectivity index (χ3v) is 3.33. The number of ether oxygens (including phenoxy) is 2. The van der Waals surface area contributed by atoms with E-state index in [4.69, 9.17) is 9.47 Å². The molecule has 2 aliphatic heterocycles. The lowest BCUT2D eigenvalue weighted by molar-refractivity contribution is -0.236. The summed E-state index contributed by atoms with van der Waals surface area (Å²) >= 11 is 0. The summed E-state index contributed by atoms with van der Waals surface area (Å²) in [7, 11) is 0. The van der Waals surface area contributed by atoms with Crippen molar-refractivity contribution in [1.82, 2.24) is 5.32 Å². The van der Waals surface area contributed by atoms with Gasteiger partial charge in [-0.2, -0.15) is 0 Å². The first-order valence-electron chi connectivity index (χ1n) is 5.99. The molecule has 0 bridgehead atoms. The van der Waals surface area contributed by atoms with E-state index in [0.29, 0.717) is 0 Å². The van der Waals surface area contributed by atoms with Crippen LogP contribution in [-0.4, -0.2) is 92.9 Å². The van der Waals surface area contributed by atoms with Crippen LogP contribution in [0.2, 0.25) is 0 Å². The van der Waals surface area contributed by atoms with Gasteiger partial charge in [0.25, 0.3) is 0 Å². The number of nitrogens with one attached hydrogen (secondary N) is 1. The molecule has 8 atom stereocenters. The van der Waals surface area contributed by atoms with Crippen LogP contribution in [-0.2, 0) is 9.47 Å². The maximum Gasteiger partial charge on any atom is 0.139 e. The Balaban J connectivity index is 1.94. The number of aliphatic hydroxyl groups excluding tert-OH is 6. The minimum Gasteiger partial charge on any atom is -0.388 e. The van der Waals surface area contributed by atoms with Crippen LogP contribution in [0.1, 0.15) is 0 Å². The van der Waals surface area contributed by atoms with Crippen molar-refractivity contribution in [3.63, 3.8) is 0 Å². The monoisotopic (exact) mass is 281 g/mol. The zero-order valence-corrected chi connectivity index (χ0v) is 10.0. The molecule has 0 amide bonds.